The van der Waals surface area contributed by atoms with Gasteiger partial charge in [0.15, 0.2) is 0 Å². The monoisotopic (exact) mass is 219 g/mol. The van der Waals surface area contributed by atoms with E-state index in [1.165, 1.54) is 29.5 Å². The largest absolute Gasteiger partial charge is 0.314 e. The lowest BCUT2D eigenvalue weighted by atomic mass is 10.00. The van der Waals surface area contributed by atoms with Crippen LogP contribution in [0.5, 0.6) is 0 Å². The van der Waals surface area contributed by atoms with E-state index in [4.69, 9.17) is 0 Å². The van der Waals surface area contributed by atoms with Gasteiger partial charge in [0.25, 0.3) is 0 Å². The van der Waals surface area contributed by atoms with Crippen molar-refractivity contribution in [2.24, 2.45) is 0 Å². The van der Waals surface area contributed by atoms with Gasteiger partial charge in [-0.1, -0.05) is 32.0 Å². The zero-order valence-corrected chi connectivity index (χ0v) is 11.1. The molecule has 1 N–H and O–H groups in total. The molecule has 1 rings (SSSR count). The van der Waals surface area contributed by atoms with E-state index in [2.05, 4.69) is 51.2 Å². The van der Waals surface area contributed by atoms with Crippen LogP contribution in [0.15, 0.2) is 18.2 Å². The summed E-state index contributed by atoms with van der Waals surface area (Å²) in [6.07, 6.45) is 3.56. The Balaban J connectivity index is 2.59. The van der Waals surface area contributed by atoms with Crippen molar-refractivity contribution in [3.8, 4) is 0 Å². The van der Waals surface area contributed by atoms with Gasteiger partial charge in [-0.15, -0.1) is 0 Å². The maximum atomic E-state index is 3.60. The Morgan fingerprint density at radius 3 is 2.44 bits per heavy atom. The number of benzene rings is 1. The van der Waals surface area contributed by atoms with Crippen LogP contribution in [0, 0.1) is 13.8 Å². The van der Waals surface area contributed by atoms with E-state index in [0.29, 0.717) is 6.04 Å². The molecule has 0 fully saturated rings. The van der Waals surface area contributed by atoms with Crippen LogP contribution in [0.25, 0.3) is 0 Å². The normalized spacial score (nSPS) is 12.8. The van der Waals surface area contributed by atoms with E-state index in [1.54, 1.807) is 0 Å². The molecule has 0 amide bonds. The molecule has 0 radical (unpaired) electrons. The average molecular weight is 219 g/mol. The molecule has 16 heavy (non-hydrogen) atoms. The number of nitrogens with one attached hydrogen (secondary N) is 1. The second kappa shape index (κ2) is 6.70. The first kappa shape index (κ1) is 13.2. The van der Waals surface area contributed by atoms with Gasteiger partial charge in [-0.3, -0.25) is 0 Å². The lowest BCUT2D eigenvalue weighted by molar-refractivity contribution is 0.494. The number of hydrogen-bond donors (Lipinski definition) is 1. The summed E-state index contributed by atoms with van der Waals surface area (Å²) in [5.74, 6) is 0. The van der Waals surface area contributed by atoms with Crippen molar-refractivity contribution in [1.82, 2.24) is 5.32 Å². The van der Waals surface area contributed by atoms with Gasteiger partial charge in [0.2, 0.25) is 0 Å². The summed E-state index contributed by atoms with van der Waals surface area (Å²) in [6.45, 7) is 9.97. The minimum absolute atomic E-state index is 0.627. The number of rotatable bonds is 6. The highest BCUT2D eigenvalue weighted by Gasteiger charge is 2.06. The summed E-state index contributed by atoms with van der Waals surface area (Å²) in [4.78, 5) is 0. The van der Waals surface area contributed by atoms with Gasteiger partial charge in [-0.05, 0) is 56.3 Å². The predicted octanol–water partition coefficient (Wildman–Crippen LogP) is 3.62. The Morgan fingerprint density at radius 2 is 1.88 bits per heavy atom. The maximum absolute atomic E-state index is 3.60. The van der Waals surface area contributed by atoms with Crippen molar-refractivity contribution < 1.29 is 0 Å². The summed E-state index contributed by atoms with van der Waals surface area (Å²) in [5, 5.41) is 3.60. The lowest BCUT2D eigenvalue weighted by Crippen LogP contribution is -2.31. The van der Waals surface area contributed by atoms with Gasteiger partial charge < -0.3 is 5.32 Å². The third kappa shape index (κ3) is 3.97. The van der Waals surface area contributed by atoms with Crippen LogP contribution in [-0.4, -0.2) is 12.6 Å². The lowest BCUT2D eigenvalue weighted by Gasteiger charge is -2.17. The summed E-state index contributed by atoms with van der Waals surface area (Å²) in [7, 11) is 0. The molecule has 1 nitrogen and oxygen atoms in total. The molecule has 1 aromatic carbocycles. The van der Waals surface area contributed by atoms with Crippen molar-refractivity contribution in [1.29, 1.82) is 0 Å². The van der Waals surface area contributed by atoms with Gasteiger partial charge >= 0.3 is 0 Å². The number of aryl methyl sites for hydroxylation is 2. The van der Waals surface area contributed by atoms with E-state index in [-0.39, 0.29) is 0 Å². The van der Waals surface area contributed by atoms with Crippen LogP contribution >= 0.6 is 0 Å². The second-order valence-electron chi connectivity index (χ2n) is 4.68. The first-order chi connectivity index (χ1) is 7.67. The second-order valence-corrected chi connectivity index (χ2v) is 4.68. The molecule has 0 saturated heterocycles. The molecular weight excluding hydrogens is 194 g/mol. The fourth-order valence-corrected chi connectivity index (χ4v) is 1.92. The number of hydrogen-bond acceptors (Lipinski definition) is 1. The van der Waals surface area contributed by atoms with Crippen LogP contribution < -0.4 is 5.32 Å². The minimum atomic E-state index is 0.627. The van der Waals surface area contributed by atoms with Crippen LogP contribution in [0.2, 0.25) is 0 Å². The van der Waals surface area contributed by atoms with Gasteiger partial charge in [0.05, 0.1) is 0 Å². The van der Waals surface area contributed by atoms with Crippen molar-refractivity contribution in [2.75, 3.05) is 6.54 Å². The smallest absolute Gasteiger partial charge is 0.0105 e. The molecule has 1 aromatic rings. The molecule has 0 heterocycles. The van der Waals surface area contributed by atoms with Crippen LogP contribution in [0.3, 0.4) is 0 Å². The predicted molar refractivity (Wildman–Crippen MR) is 72.0 cm³/mol. The van der Waals surface area contributed by atoms with E-state index < -0.39 is 0 Å². The molecule has 0 aliphatic rings. The third-order valence-corrected chi connectivity index (χ3v) is 3.23. The Kier molecular flexibility index (Phi) is 5.54. The van der Waals surface area contributed by atoms with E-state index in [0.717, 1.165) is 13.0 Å². The van der Waals surface area contributed by atoms with Gasteiger partial charge in [-0.2, -0.15) is 0 Å². The fraction of sp³-hybridized carbons (Fsp3) is 0.600. The zero-order valence-electron chi connectivity index (χ0n) is 11.1. The van der Waals surface area contributed by atoms with Crippen molar-refractivity contribution in [2.45, 2.75) is 53.0 Å². The quantitative estimate of drug-likeness (QED) is 0.770. The van der Waals surface area contributed by atoms with Crippen molar-refractivity contribution in [3.63, 3.8) is 0 Å². The van der Waals surface area contributed by atoms with Gasteiger partial charge in [0.1, 0.15) is 0 Å². The molecule has 0 aliphatic carbocycles. The molecular formula is C15H25N. The highest BCUT2D eigenvalue weighted by Crippen LogP contribution is 2.12. The summed E-state index contributed by atoms with van der Waals surface area (Å²) in [6, 6.07) is 7.45. The van der Waals surface area contributed by atoms with Gasteiger partial charge in [0, 0.05) is 6.04 Å². The van der Waals surface area contributed by atoms with E-state index in [1.807, 2.05) is 0 Å². The Morgan fingerprint density at radius 1 is 1.12 bits per heavy atom. The molecule has 0 aromatic heterocycles. The summed E-state index contributed by atoms with van der Waals surface area (Å²) in [5.41, 5.74) is 4.25. The highest BCUT2D eigenvalue weighted by atomic mass is 14.9. The van der Waals surface area contributed by atoms with E-state index >= 15 is 0 Å². The van der Waals surface area contributed by atoms with Crippen molar-refractivity contribution in [3.05, 3.63) is 34.9 Å². The topological polar surface area (TPSA) is 12.0 Å². The molecule has 1 unspecified atom stereocenters. The zero-order chi connectivity index (χ0) is 12.0. The molecule has 0 bridgehead atoms. The first-order valence-electron chi connectivity index (χ1n) is 6.46. The Labute approximate surface area is 100 Å². The molecule has 1 heteroatoms. The highest BCUT2D eigenvalue weighted by molar-refractivity contribution is 5.30. The molecule has 0 aliphatic heterocycles. The molecule has 0 saturated carbocycles. The van der Waals surface area contributed by atoms with Gasteiger partial charge in [-0.25, -0.2) is 0 Å². The minimum Gasteiger partial charge on any atom is -0.314 e. The summed E-state index contributed by atoms with van der Waals surface area (Å²) >= 11 is 0. The summed E-state index contributed by atoms with van der Waals surface area (Å²) < 4.78 is 0. The fourth-order valence-electron chi connectivity index (χ4n) is 1.92. The van der Waals surface area contributed by atoms with Crippen LogP contribution in [0.1, 0.15) is 43.4 Å². The Hall–Kier alpha value is -0.820. The third-order valence-electron chi connectivity index (χ3n) is 3.23. The molecule has 1 atom stereocenters. The SMILES string of the molecule is CCCNC(CC)Cc1ccc(C)c(C)c1. The first-order valence-corrected chi connectivity index (χ1v) is 6.46. The standard InChI is InChI=1S/C15H25N/c1-5-9-16-15(6-2)11-14-8-7-12(3)13(4)10-14/h7-8,10,15-16H,5-6,9,11H2,1-4H3. The van der Waals surface area contributed by atoms with Crippen LogP contribution in [-0.2, 0) is 6.42 Å². The van der Waals surface area contributed by atoms with Crippen molar-refractivity contribution >= 4 is 0 Å². The average Bonchev–Trinajstić information content (AvgIpc) is 2.29. The maximum Gasteiger partial charge on any atom is 0.0105 e. The van der Waals surface area contributed by atoms with E-state index in [9.17, 15) is 0 Å². The molecule has 0 spiro atoms. The Bertz CT molecular complexity index is 317. The van der Waals surface area contributed by atoms with Crippen LogP contribution in [0.4, 0.5) is 0 Å². The molecule has 90 valence electrons.